The van der Waals surface area contributed by atoms with Gasteiger partial charge in [0.15, 0.2) is 5.96 Å². The number of hydrogen-bond donors (Lipinski definition) is 2. The highest BCUT2D eigenvalue weighted by molar-refractivity contribution is 14.0. The molecule has 0 aliphatic carbocycles. The maximum absolute atomic E-state index is 12.1. The molecule has 0 aliphatic rings. The molecular weight excluding hydrogens is 463 g/mol. The van der Waals surface area contributed by atoms with Crippen molar-refractivity contribution in [1.29, 1.82) is 0 Å². The first-order valence-electron chi connectivity index (χ1n) is 8.95. The lowest BCUT2D eigenvalue weighted by molar-refractivity contribution is 0.520. The van der Waals surface area contributed by atoms with Crippen LogP contribution in [0.3, 0.4) is 0 Å². The van der Waals surface area contributed by atoms with Crippen LogP contribution in [0.5, 0.6) is 0 Å². The highest BCUT2D eigenvalue weighted by Crippen LogP contribution is 2.14. The van der Waals surface area contributed by atoms with E-state index < -0.39 is 10.0 Å². The van der Waals surface area contributed by atoms with Gasteiger partial charge in [-0.1, -0.05) is 38.3 Å². The van der Waals surface area contributed by atoms with Gasteiger partial charge in [0.1, 0.15) is 0 Å². The normalized spacial score (nSPS) is 12.0. The minimum Gasteiger partial charge on any atom is -0.357 e. The van der Waals surface area contributed by atoms with Crippen molar-refractivity contribution in [2.24, 2.45) is 4.99 Å². The van der Waals surface area contributed by atoms with Crippen molar-refractivity contribution >= 4 is 40.0 Å². The van der Waals surface area contributed by atoms with E-state index in [0.717, 1.165) is 31.0 Å². The Labute approximate surface area is 175 Å². The number of halogens is 1. The number of benzene rings is 1. The van der Waals surface area contributed by atoms with Crippen LogP contribution in [0.25, 0.3) is 0 Å². The summed E-state index contributed by atoms with van der Waals surface area (Å²) >= 11 is 0. The van der Waals surface area contributed by atoms with E-state index in [1.165, 1.54) is 37.7 Å². The highest BCUT2D eigenvalue weighted by atomic mass is 127. The third kappa shape index (κ3) is 8.68. The fourth-order valence-corrected chi connectivity index (χ4v) is 3.15. The van der Waals surface area contributed by atoms with Gasteiger partial charge in [-0.2, -0.15) is 0 Å². The summed E-state index contributed by atoms with van der Waals surface area (Å²) in [4.78, 5) is 4.86. The SMILES string of the molecule is CCCCCCNC(=NCc1ccc(S(=O)(=O)N(C)C)cc1)NCC.I. The minimum absolute atomic E-state index is 0. The average Bonchev–Trinajstić information content (AvgIpc) is 2.59. The molecule has 0 unspecified atom stereocenters. The number of nitrogens with zero attached hydrogens (tertiary/aromatic N) is 2. The minimum atomic E-state index is -3.38. The van der Waals surface area contributed by atoms with Crippen molar-refractivity contribution in [2.75, 3.05) is 27.2 Å². The van der Waals surface area contributed by atoms with E-state index in [-0.39, 0.29) is 24.0 Å². The molecule has 0 aliphatic heterocycles. The van der Waals surface area contributed by atoms with Gasteiger partial charge in [0.25, 0.3) is 0 Å². The van der Waals surface area contributed by atoms with Crippen molar-refractivity contribution in [3.63, 3.8) is 0 Å². The maximum Gasteiger partial charge on any atom is 0.242 e. The van der Waals surface area contributed by atoms with Gasteiger partial charge in [0.05, 0.1) is 11.4 Å². The molecule has 26 heavy (non-hydrogen) atoms. The largest absolute Gasteiger partial charge is 0.357 e. The number of aliphatic imine (C=N–C) groups is 1. The third-order valence-electron chi connectivity index (χ3n) is 3.79. The number of hydrogen-bond acceptors (Lipinski definition) is 3. The van der Waals surface area contributed by atoms with E-state index in [2.05, 4.69) is 22.5 Å². The molecule has 0 saturated heterocycles. The van der Waals surface area contributed by atoms with E-state index in [1.807, 2.05) is 19.1 Å². The predicted octanol–water partition coefficient (Wildman–Crippen LogP) is 3.19. The first-order valence-corrected chi connectivity index (χ1v) is 10.4. The fourth-order valence-electron chi connectivity index (χ4n) is 2.25. The van der Waals surface area contributed by atoms with Gasteiger partial charge < -0.3 is 10.6 Å². The summed E-state index contributed by atoms with van der Waals surface area (Å²) in [5.74, 6) is 0.795. The Morgan fingerprint density at radius 3 is 2.23 bits per heavy atom. The predicted molar refractivity (Wildman–Crippen MR) is 120 cm³/mol. The van der Waals surface area contributed by atoms with Gasteiger partial charge in [-0.25, -0.2) is 17.7 Å². The molecule has 0 bridgehead atoms. The fraction of sp³-hybridized carbons (Fsp3) is 0.611. The van der Waals surface area contributed by atoms with Crippen LogP contribution in [0.1, 0.15) is 45.1 Å². The van der Waals surface area contributed by atoms with E-state index in [1.54, 1.807) is 12.1 Å². The first-order chi connectivity index (χ1) is 11.9. The molecule has 1 aromatic carbocycles. The number of sulfonamides is 1. The zero-order chi connectivity index (χ0) is 18.7. The molecule has 1 aromatic rings. The molecule has 0 atom stereocenters. The Bertz CT molecular complexity index is 631. The summed E-state index contributed by atoms with van der Waals surface area (Å²) in [5, 5.41) is 6.57. The third-order valence-corrected chi connectivity index (χ3v) is 5.62. The van der Waals surface area contributed by atoms with Crippen LogP contribution in [0.15, 0.2) is 34.2 Å². The maximum atomic E-state index is 12.1. The zero-order valence-corrected chi connectivity index (χ0v) is 19.4. The van der Waals surface area contributed by atoms with Crippen molar-refractivity contribution < 1.29 is 8.42 Å². The number of nitrogens with one attached hydrogen (secondary N) is 2. The Balaban J connectivity index is 0.00000625. The topological polar surface area (TPSA) is 73.8 Å². The lowest BCUT2D eigenvalue weighted by Crippen LogP contribution is -2.37. The summed E-state index contributed by atoms with van der Waals surface area (Å²) in [7, 11) is -0.320. The number of guanidine groups is 1. The van der Waals surface area contributed by atoms with Crippen molar-refractivity contribution in [3.05, 3.63) is 29.8 Å². The highest BCUT2D eigenvalue weighted by Gasteiger charge is 2.16. The van der Waals surface area contributed by atoms with E-state index in [4.69, 9.17) is 0 Å². The quantitative estimate of drug-likeness (QED) is 0.226. The summed E-state index contributed by atoms with van der Waals surface area (Å²) in [6, 6.07) is 6.88. The van der Waals surface area contributed by atoms with Gasteiger partial charge in [-0.3, -0.25) is 0 Å². The molecule has 0 amide bonds. The molecule has 0 fully saturated rings. The van der Waals surface area contributed by atoms with Crippen molar-refractivity contribution in [3.8, 4) is 0 Å². The molecule has 0 saturated carbocycles. The molecule has 150 valence electrons. The van der Waals surface area contributed by atoms with E-state index in [0.29, 0.717) is 11.4 Å². The Morgan fingerprint density at radius 2 is 1.69 bits per heavy atom. The van der Waals surface area contributed by atoms with Crippen LogP contribution in [-0.2, 0) is 16.6 Å². The van der Waals surface area contributed by atoms with Gasteiger partial charge in [-0.15, -0.1) is 24.0 Å². The second kappa shape index (κ2) is 13.3. The van der Waals surface area contributed by atoms with E-state index in [9.17, 15) is 8.42 Å². The van der Waals surface area contributed by atoms with Crippen molar-refractivity contribution in [1.82, 2.24) is 14.9 Å². The van der Waals surface area contributed by atoms with Crippen LogP contribution in [0, 0.1) is 0 Å². The van der Waals surface area contributed by atoms with Crippen LogP contribution >= 0.6 is 24.0 Å². The molecule has 2 N–H and O–H groups in total. The van der Waals surface area contributed by atoms with Gasteiger partial charge in [0, 0.05) is 27.2 Å². The zero-order valence-electron chi connectivity index (χ0n) is 16.3. The van der Waals surface area contributed by atoms with Crippen LogP contribution in [0.2, 0.25) is 0 Å². The number of rotatable bonds is 10. The molecule has 0 aromatic heterocycles. The summed E-state index contributed by atoms with van der Waals surface area (Å²) in [5.41, 5.74) is 0.973. The standard InChI is InChI=1S/C18H32N4O2S.HI/c1-5-7-8-9-14-20-18(19-6-2)21-15-16-10-12-17(13-11-16)25(23,24)22(3)4;/h10-13H,5-9,14-15H2,1-4H3,(H2,19,20,21);1H. The molecular formula is C18H33IN4O2S. The first kappa shape index (κ1) is 25.1. The Morgan fingerprint density at radius 1 is 1.04 bits per heavy atom. The monoisotopic (exact) mass is 496 g/mol. The summed E-state index contributed by atoms with van der Waals surface area (Å²) < 4.78 is 25.3. The lowest BCUT2D eigenvalue weighted by atomic mass is 10.2. The van der Waals surface area contributed by atoms with Gasteiger partial charge in [0.2, 0.25) is 10.0 Å². The van der Waals surface area contributed by atoms with Crippen LogP contribution in [-0.4, -0.2) is 45.9 Å². The Hall–Kier alpha value is -0.870. The molecule has 0 radical (unpaired) electrons. The molecule has 6 nitrogen and oxygen atoms in total. The van der Waals surface area contributed by atoms with Crippen molar-refractivity contribution in [2.45, 2.75) is 51.0 Å². The lowest BCUT2D eigenvalue weighted by Gasteiger charge is -2.12. The molecule has 0 spiro atoms. The molecule has 8 heteroatoms. The number of unbranched alkanes of at least 4 members (excludes halogenated alkanes) is 3. The summed E-state index contributed by atoms with van der Waals surface area (Å²) in [6.45, 7) is 6.46. The summed E-state index contributed by atoms with van der Waals surface area (Å²) in [6.07, 6.45) is 4.85. The second-order valence-corrected chi connectivity index (χ2v) is 8.27. The molecule has 0 heterocycles. The average molecular weight is 496 g/mol. The van der Waals surface area contributed by atoms with Crippen LogP contribution < -0.4 is 10.6 Å². The van der Waals surface area contributed by atoms with Gasteiger partial charge in [-0.05, 0) is 31.0 Å². The smallest absolute Gasteiger partial charge is 0.242 e. The van der Waals surface area contributed by atoms with E-state index >= 15 is 0 Å². The van der Waals surface area contributed by atoms with Crippen LogP contribution in [0.4, 0.5) is 0 Å². The Kier molecular flexibility index (Phi) is 12.9. The van der Waals surface area contributed by atoms with Gasteiger partial charge >= 0.3 is 0 Å². The molecule has 1 rings (SSSR count). The second-order valence-electron chi connectivity index (χ2n) is 6.11.